The molecule has 1 unspecified atom stereocenters. The highest BCUT2D eigenvalue weighted by molar-refractivity contribution is 6.17. The van der Waals surface area contributed by atoms with E-state index in [0.29, 0.717) is 12.5 Å². The van der Waals surface area contributed by atoms with Gasteiger partial charge in [0, 0.05) is 12.5 Å². The van der Waals surface area contributed by atoms with Crippen LogP contribution in [-0.4, -0.2) is 26.4 Å². The van der Waals surface area contributed by atoms with E-state index in [1.807, 2.05) is 18.2 Å². The predicted molar refractivity (Wildman–Crippen MR) is 71.6 cm³/mol. The molecule has 4 heteroatoms. The molecule has 18 heavy (non-hydrogen) atoms. The second-order valence-corrected chi connectivity index (χ2v) is 4.69. The van der Waals surface area contributed by atoms with Crippen molar-refractivity contribution in [2.24, 2.45) is 0 Å². The third-order valence-electron chi connectivity index (χ3n) is 3.08. The number of rotatable bonds is 5. The Morgan fingerprint density at radius 2 is 2.22 bits per heavy atom. The molecule has 1 aromatic rings. The van der Waals surface area contributed by atoms with E-state index in [1.54, 1.807) is 7.11 Å². The molecule has 1 fully saturated rings. The highest BCUT2D eigenvalue weighted by atomic mass is 35.5. The zero-order chi connectivity index (χ0) is 12.8. The van der Waals surface area contributed by atoms with Crippen molar-refractivity contribution in [3.05, 3.63) is 23.8 Å². The van der Waals surface area contributed by atoms with Crippen LogP contribution in [0.25, 0.3) is 0 Å². The van der Waals surface area contributed by atoms with Crippen LogP contribution >= 0.6 is 11.6 Å². The first-order valence-electron chi connectivity index (χ1n) is 6.30. The lowest BCUT2D eigenvalue weighted by molar-refractivity contribution is -0.0114. The SMILES string of the molecule is COc1cc(CCl)ccc1OCC1CCCCO1. The van der Waals surface area contributed by atoms with E-state index in [-0.39, 0.29) is 6.10 Å². The Kier molecular flexibility index (Phi) is 5.14. The molecular formula is C14H19ClO3. The zero-order valence-electron chi connectivity index (χ0n) is 10.7. The fraction of sp³-hybridized carbons (Fsp3) is 0.571. The molecule has 1 aliphatic heterocycles. The largest absolute Gasteiger partial charge is 0.493 e. The van der Waals surface area contributed by atoms with Gasteiger partial charge in [-0.05, 0) is 37.0 Å². The van der Waals surface area contributed by atoms with E-state index in [1.165, 1.54) is 6.42 Å². The van der Waals surface area contributed by atoms with Gasteiger partial charge >= 0.3 is 0 Å². The maximum Gasteiger partial charge on any atom is 0.161 e. The van der Waals surface area contributed by atoms with Crippen LogP contribution in [0.3, 0.4) is 0 Å². The number of hydrogen-bond donors (Lipinski definition) is 0. The van der Waals surface area contributed by atoms with E-state index in [0.717, 1.165) is 36.5 Å². The highest BCUT2D eigenvalue weighted by Gasteiger charge is 2.15. The van der Waals surface area contributed by atoms with Crippen LogP contribution in [0.15, 0.2) is 18.2 Å². The molecule has 100 valence electrons. The van der Waals surface area contributed by atoms with Gasteiger partial charge in [-0.25, -0.2) is 0 Å². The van der Waals surface area contributed by atoms with Crippen LogP contribution < -0.4 is 9.47 Å². The summed E-state index contributed by atoms with van der Waals surface area (Å²) >= 11 is 5.79. The monoisotopic (exact) mass is 270 g/mol. The van der Waals surface area contributed by atoms with Crippen molar-refractivity contribution in [1.29, 1.82) is 0 Å². The minimum atomic E-state index is 0.205. The molecule has 0 aromatic heterocycles. The Bertz CT molecular complexity index is 375. The van der Waals surface area contributed by atoms with Crippen LogP contribution in [-0.2, 0) is 10.6 Å². The smallest absolute Gasteiger partial charge is 0.161 e. The third kappa shape index (κ3) is 3.53. The first kappa shape index (κ1) is 13.5. The highest BCUT2D eigenvalue weighted by Crippen LogP contribution is 2.29. The van der Waals surface area contributed by atoms with Crippen molar-refractivity contribution in [3.63, 3.8) is 0 Å². The predicted octanol–water partition coefficient (Wildman–Crippen LogP) is 3.38. The average Bonchev–Trinajstić information content (AvgIpc) is 2.46. The molecule has 3 nitrogen and oxygen atoms in total. The molecule has 0 bridgehead atoms. The lowest BCUT2D eigenvalue weighted by Gasteiger charge is -2.23. The van der Waals surface area contributed by atoms with Crippen molar-refractivity contribution in [3.8, 4) is 11.5 Å². The van der Waals surface area contributed by atoms with Gasteiger partial charge in [-0.1, -0.05) is 6.07 Å². The maximum absolute atomic E-state index is 5.79. The van der Waals surface area contributed by atoms with E-state index < -0.39 is 0 Å². The Hall–Kier alpha value is -0.930. The zero-order valence-corrected chi connectivity index (χ0v) is 11.4. The maximum atomic E-state index is 5.79. The van der Waals surface area contributed by atoms with E-state index in [2.05, 4.69) is 0 Å². The van der Waals surface area contributed by atoms with Crippen molar-refractivity contribution >= 4 is 11.6 Å². The second kappa shape index (κ2) is 6.86. The lowest BCUT2D eigenvalue weighted by atomic mass is 10.1. The molecule has 0 aliphatic carbocycles. The van der Waals surface area contributed by atoms with Gasteiger partial charge in [-0.3, -0.25) is 0 Å². The van der Waals surface area contributed by atoms with Gasteiger partial charge in [0.1, 0.15) is 6.61 Å². The molecule has 0 N–H and O–H groups in total. The lowest BCUT2D eigenvalue weighted by Crippen LogP contribution is -2.25. The number of ether oxygens (including phenoxy) is 3. The Balaban J connectivity index is 1.95. The van der Waals surface area contributed by atoms with Crippen molar-refractivity contribution < 1.29 is 14.2 Å². The van der Waals surface area contributed by atoms with Gasteiger partial charge in [-0.15, -0.1) is 11.6 Å². The summed E-state index contributed by atoms with van der Waals surface area (Å²) in [4.78, 5) is 0. The van der Waals surface area contributed by atoms with Gasteiger partial charge in [0.25, 0.3) is 0 Å². The summed E-state index contributed by atoms with van der Waals surface area (Å²) in [6.45, 7) is 1.42. The molecule has 1 aromatic carbocycles. The van der Waals surface area contributed by atoms with Crippen molar-refractivity contribution in [2.45, 2.75) is 31.2 Å². The number of benzene rings is 1. The molecule has 1 heterocycles. The van der Waals surface area contributed by atoms with Crippen LogP contribution in [0, 0.1) is 0 Å². The summed E-state index contributed by atoms with van der Waals surface area (Å²) in [5.74, 6) is 1.95. The number of alkyl halides is 1. The Morgan fingerprint density at radius 1 is 1.33 bits per heavy atom. The molecule has 0 radical (unpaired) electrons. The van der Waals surface area contributed by atoms with Crippen LogP contribution in [0.5, 0.6) is 11.5 Å². The summed E-state index contributed by atoms with van der Waals surface area (Å²) in [6.07, 6.45) is 3.65. The summed E-state index contributed by atoms with van der Waals surface area (Å²) < 4.78 is 16.7. The van der Waals surface area contributed by atoms with Gasteiger partial charge in [0.05, 0.1) is 13.2 Å². The summed E-state index contributed by atoms with van der Waals surface area (Å²) in [6, 6.07) is 5.76. The molecule has 1 saturated heterocycles. The molecule has 1 aliphatic rings. The average molecular weight is 271 g/mol. The summed E-state index contributed by atoms with van der Waals surface area (Å²) in [5, 5.41) is 0. The quantitative estimate of drug-likeness (QED) is 0.768. The molecule has 0 amide bonds. The summed E-state index contributed by atoms with van der Waals surface area (Å²) in [7, 11) is 1.64. The van der Waals surface area contributed by atoms with Gasteiger partial charge in [0.2, 0.25) is 0 Å². The fourth-order valence-electron chi connectivity index (χ4n) is 2.04. The van der Waals surface area contributed by atoms with E-state index >= 15 is 0 Å². The first-order chi connectivity index (χ1) is 8.83. The first-order valence-corrected chi connectivity index (χ1v) is 6.84. The summed E-state index contributed by atoms with van der Waals surface area (Å²) in [5.41, 5.74) is 1.02. The normalized spacial score (nSPS) is 19.6. The molecule has 1 atom stereocenters. The fourth-order valence-corrected chi connectivity index (χ4v) is 2.20. The molecule has 0 saturated carbocycles. The van der Waals surface area contributed by atoms with E-state index in [9.17, 15) is 0 Å². The molecule has 2 rings (SSSR count). The second-order valence-electron chi connectivity index (χ2n) is 4.42. The van der Waals surface area contributed by atoms with Crippen molar-refractivity contribution in [2.75, 3.05) is 20.3 Å². The molecule has 0 spiro atoms. The van der Waals surface area contributed by atoms with Crippen LogP contribution in [0.1, 0.15) is 24.8 Å². The van der Waals surface area contributed by atoms with E-state index in [4.69, 9.17) is 25.8 Å². The van der Waals surface area contributed by atoms with Crippen LogP contribution in [0.2, 0.25) is 0 Å². The van der Waals surface area contributed by atoms with Gasteiger partial charge in [-0.2, -0.15) is 0 Å². The topological polar surface area (TPSA) is 27.7 Å². The number of halogens is 1. The van der Waals surface area contributed by atoms with Crippen LogP contribution in [0.4, 0.5) is 0 Å². The molecular weight excluding hydrogens is 252 g/mol. The minimum Gasteiger partial charge on any atom is -0.493 e. The minimum absolute atomic E-state index is 0.205. The van der Waals surface area contributed by atoms with Crippen molar-refractivity contribution in [1.82, 2.24) is 0 Å². The number of hydrogen-bond acceptors (Lipinski definition) is 3. The third-order valence-corrected chi connectivity index (χ3v) is 3.39. The van der Waals surface area contributed by atoms with Gasteiger partial charge < -0.3 is 14.2 Å². The van der Waals surface area contributed by atoms with Gasteiger partial charge in [0.15, 0.2) is 11.5 Å². The standard InChI is InChI=1S/C14H19ClO3/c1-16-14-8-11(9-15)5-6-13(14)18-10-12-4-2-3-7-17-12/h5-6,8,12H,2-4,7,9-10H2,1H3. The number of methoxy groups -OCH3 is 1. The Labute approximate surface area is 113 Å². The Morgan fingerprint density at radius 3 is 2.89 bits per heavy atom.